The van der Waals surface area contributed by atoms with Crippen LogP contribution in [0.1, 0.15) is 30.5 Å². The number of hydrogen-bond donors (Lipinski definition) is 0. The summed E-state index contributed by atoms with van der Waals surface area (Å²) < 4.78 is 10.9. The average molecular weight is 947 g/mol. The van der Waals surface area contributed by atoms with Crippen LogP contribution in [-0.2, 0) is 5.41 Å². The molecule has 0 radical (unpaired) electrons. The van der Waals surface area contributed by atoms with E-state index in [0.717, 1.165) is 99.2 Å². The topological polar surface area (TPSA) is 85.5 Å². The summed E-state index contributed by atoms with van der Waals surface area (Å²) >= 11 is 0. The maximum absolute atomic E-state index is 11.3. The second-order valence-corrected chi connectivity index (χ2v) is 19.9. The molecule has 10 aromatic carbocycles. The first-order chi connectivity index (χ1) is 36.4. The summed E-state index contributed by atoms with van der Waals surface area (Å²) in [4.78, 5) is 15.5. The highest BCUT2D eigenvalue weighted by Crippen LogP contribution is 2.50. The summed E-state index contributed by atoms with van der Waals surface area (Å²) in [5, 5.41) is 17.8. The van der Waals surface area contributed by atoms with Crippen molar-refractivity contribution >= 4 is 65.6 Å². The average Bonchev–Trinajstić information content (AvgIpc) is 4.24. The predicted molar refractivity (Wildman–Crippen MR) is 300 cm³/mol. The Labute approximate surface area is 425 Å². The van der Waals surface area contributed by atoms with Gasteiger partial charge in [-0.25, -0.2) is 15.0 Å². The van der Waals surface area contributed by atoms with E-state index in [1.807, 2.05) is 60.7 Å². The minimum absolute atomic E-state index is 0.150. The molecule has 0 fully saturated rings. The molecule has 0 N–H and O–H groups in total. The van der Waals surface area contributed by atoms with Crippen LogP contribution < -0.4 is 0 Å². The van der Waals surface area contributed by atoms with Crippen LogP contribution in [-0.4, -0.2) is 24.1 Å². The fourth-order valence-electron chi connectivity index (χ4n) is 11.9. The molecule has 15 rings (SSSR count). The number of para-hydroxylation sites is 3. The van der Waals surface area contributed by atoms with E-state index in [1.165, 1.54) is 22.3 Å². The van der Waals surface area contributed by atoms with E-state index < -0.39 is 0 Å². The van der Waals surface area contributed by atoms with Gasteiger partial charge in [-0.1, -0.05) is 159 Å². The predicted octanol–water partition coefficient (Wildman–Crippen LogP) is 16.8. The maximum Gasteiger partial charge on any atom is 0.164 e. The molecular weight excluding hydrogens is 905 g/mol. The van der Waals surface area contributed by atoms with Gasteiger partial charge in [0, 0.05) is 60.1 Å². The second kappa shape index (κ2) is 15.8. The lowest BCUT2D eigenvalue weighted by Crippen LogP contribution is -2.15. The highest BCUT2D eigenvalue weighted by Gasteiger charge is 2.35. The van der Waals surface area contributed by atoms with Crippen LogP contribution in [0.2, 0.25) is 0 Å². The molecule has 0 unspecified atom stereocenters. The fraction of sp³-hybridized carbons (Fsp3) is 0.0448. The van der Waals surface area contributed by atoms with Crippen LogP contribution in [0.15, 0.2) is 223 Å². The Kier molecular flexibility index (Phi) is 8.93. The lowest BCUT2D eigenvalue weighted by molar-refractivity contribution is 0.660. The molecule has 0 bridgehead atoms. The molecule has 1 aliphatic carbocycles. The third-order valence-corrected chi connectivity index (χ3v) is 15.4. The van der Waals surface area contributed by atoms with Crippen molar-refractivity contribution < 1.29 is 4.42 Å². The fourth-order valence-corrected chi connectivity index (χ4v) is 11.9. The quantitative estimate of drug-likeness (QED) is 0.166. The number of furan rings is 1. The molecule has 7 nitrogen and oxygen atoms in total. The Morgan fingerprint density at radius 2 is 1.01 bits per heavy atom. The standard InChI is InChI=1S/C67H42N6O/c1-67(2)54-20-10-6-16-47(54)48-31-30-46(38-55(48)67)72-58-22-12-8-19-52(58)62-59(72)34-32-51-49-17-7-11-21-57(49)73(63(51)62)56-33-28-43(36-45(56)39-68)65-69-64(42-26-24-41(25-27-42)40-14-4-3-5-15-40)70-66(71-65)44-29-35-61-53(37-44)50-18-9-13-23-60(50)74-61/h3-38H,1-2H3. The van der Waals surface area contributed by atoms with Gasteiger partial charge in [-0.2, -0.15) is 5.26 Å². The Morgan fingerprint density at radius 3 is 1.81 bits per heavy atom. The monoisotopic (exact) mass is 946 g/mol. The summed E-state index contributed by atoms with van der Waals surface area (Å²) in [6, 6.07) is 78.9. The third kappa shape index (κ3) is 6.15. The first-order valence-corrected chi connectivity index (χ1v) is 25.0. The van der Waals surface area contributed by atoms with Gasteiger partial charge in [0.25, 0.3) is 0 Å². The highest BCUT2D eigenvalue weighted by atomic mass is 16.3. The normalized spacial score (nSPS) is 12.8. The number of rotatable bonds is 6. The van der Waals surface area contributed by atoms with Crippen molar-refractivity contribution in [3.05, 3.63) is 235 Å². The molecule has 0 atom stereocenters. The van der Waals surface area contributed by atoms with Gasteiger partial charge < -0.3 is 13.6 Å². The van der Waals surface area contributed by atoms with Crippen LogP contribution >= 0.6 is 0 Å². The zero-order chi connectivity index (χ0) is 49.2. The number of benzene rings is 10. The van der Waals surface area contributed by atoms with E-state index in [2.05, 4.69) is 187 Å². The molecule has 0 saturated heterocycles. The van der Waals surface area contributed by atoms with E-state index >= 15 is 0 Å². The Hall–Kier alpha value is -9.90. The summed E-state index contributed by atoms with van der Waals surface area (Å²) in [5.41, 5.74) is 18.0. The molecule has 1 aliphatic rings. The SMILES string of the molecule is CC1(C)c2ccccc2-c2ccc(-n3c4ccccc4c4c3ccc3c5ccccc5n(-c5ccc(-c6nc(-c7ccc(-c8ccccc8)cc7)nc(-c7ccc8oc9ccccc9c8c7)n6)cc5C#N)c34)cc21. The molecule has 14 aromatic rings. The largest absolute Gasteiger partial charge is 0.456 e. The Morgan fingerprint density at radius 1 is 0.419 bits per heavy atom. The summed E-state index contributed by atoms with van der Waals surface area (Å²) in [6.07, 6.45) is 0. The van der Waals surface area contributed by atoms with Crippen LogP contribution in [0.5, 0.6) is 0 Å². The second-order valence-electron chi connectivity index (χ2n) is 19.9. The molecule has 346 valence electrons. The van der Waals surface area contributed by atoms with Crippen LogP contribution in [0.25, 0.3) is 133 Å². The van der Waals surface area contributed by atoms with Crippen molar-refractivity contribution in [3.8, 4) is 73.9 Å². The van der Waals surface area contributed by atoms with E-state index in [4.69, 9.17) is 19.4 Å². The summed E-state index contributed by atoms with van der Waals surface area (Å²) in [7, 11) is 0. The van der Waals surface area contributed by atoms with E-state index in [-0.39, 0.29) is 5.41 Å². The molecule has 7 heteroatoms. The van der Waals surface area contributed by atoms with Crippen molar-refractivity contribution in [2.75, 3.05) is 0 Å². The van der Waals surface area contributed by atoms with Crippen LogP contribution in [0.3, 0.4) is 0 Å². The van der Waals surface area contributed by atoms with Gasteiger partial charge in [-0.3, -0.25) is 0 Å². The first-order valence-electron chi connectivity index (χ1n) is 25.0. The van der Waals surface area contributed by atoms with Gasteiger partial charge in [0.1, 0.15) is 17.2 Å². The van der Waals surface area contributed by atoms with E-state index in [0.29, 0.717) is 28.6 Å². The van der Waals surface area contributed by atoms with Crippen molar-refractivity contribution in [2.24, 2.45) is 0 Å². The van der Waals surface area contributed by atoms with Crippen LogP contribution in [0, 0.1) is 11.3 Å². The van der Waals surface area contributed by atoms with Crippen molar-refractivity contribution in [2.45, 2.75) is 19.3 Å². The zero-order valence-electron chi connectivity index (χ0n) is 40.4. The molecule has 0 aliphatic heterocycles. The molecule has 74 heavy (non-hydrogen) atoms. The van der Waals surface area contributed by atoms with E-state index in [1.54, 1.807) is 0 Å². The lowest BCUT2D eigenvalue weighted by Gasteiger charge is -2.22. The van der Waals surface area contributed by atoms with Gasteiger partial charge in [-0.05, 0) is 106 Å². The number of aromatic nitrogens is 5. The van der Waals surface area contributed by atoms with Crippen molar-refractivity contribution in [3.63, 3.8) is 0 Å². The molecule has 0 saturated carbocycles. The van der Waals surface area contributed by atoms with Crippen molar-refractivity contribution in [1.82, 2.24) is 24.1 Å². The van der Waals surface area contributed by atoms with E-state index in [9.17, 15) is 5.26 Å². The van der Waals surface area contributed by atoms with Crippen LogP contribution in [0.4, 0.5) is 0 Å². The minimum Gasteiger partial charge on any atom is -0.456 e. The minimum atomic E-state index is -0.150. The summed E-state index contributed by atoms with van der Waals surface area (Å²) in [5.74, 6) is 1.51. The molecule has 0 amide bonds. The number of hydrogen-bond acceptors (Lipinski definition) is 5. The Bertz CT molecular complexity index is 4700. The highest BCUT2D eigenvalue weighted by molar-refractivity contribution is 6.26. The van der Waals surface area contributed by atoms with Crippen molar-refractivity contribution in [1.29, 1.82) is 5.26 Å². The van der Waals surface area contributed by atoms with Gasteiger partial charge in [0.05, 0.1) is 33.3 Å². The molecule has 4 heterocycles. The number of nitriles is 1. The number of fused-ring (bicyclic) bond motifs is 13. The molecule has 0 spiro atoms. The smallest absolute Gasteiger partial charge is 0.164 e. The molecule has 4 aromatic heterocycles. The number of nitrogens with zero attached hydrogens (tertiary/aromatic N) is 6. The molecular formula is C67H42N6O. The maximum atomic E-state index is 11.3. The van der Waals surface area contributed by atoms with Gasteiger partial charge in [0.2, 0.25) is 0 Å². The van der Waals surface area contributed by atoms with Gasteiger partial charge >= 0.3 is 0 Å². The third-order valence-electron chi connectivity index (χ3n) is 15.4. The van der Waals surface area contributed by atoms with Gasteiger partial charge in [-0.15, -0.1) is 0 Å². The van der Waals surface area contributed by atoms with Gasteiger partial charge in [0.15, 0.2) is 17.5 Å². The summed E-state index contributed by atoms with van der Waals surface area (Å²) in [6.45, 7) is 4.67. The Balaban J connectivity index is 0.918. The first kappa shape index (κ1) is 41.8. The lowest BCUT2D eigenvalue weighted by atomic mass is 9.82. The zero-order valence-corrected chi connectivity index (χ0v) is 40.4.